The number of esters is 1. The third-order valence-electron chi connectivity index (χ3n) is 5.39. The van der Waals surface area contributed by atoms with Gasteiger partial charge in [-0.3, -0.25) is 9.59 Å². The molecule has 180 valence electrons. The summed E-state index contributed by atoms with van der Waals surface area (Å²) in [5.74, 6) is -1.27. The van der Waals surface area contributed by atoms with Crippen LogP contribution in [0.1, 0.15) is 23.7 Å². The van der Waals surface area contributed by atoms with Crippen LogP contribution in [-0.4, -0.2) is 55.2 Å². The van der Waals surface area contributed by atoms with Crippen LogP contribution in [0.15, 0.2) is 47.7 Å². The molecule has 3 heterocycles. The molecule has 0 radical (unpaired) electrons. The van der Waals surface area contributed by atoms with Crippen molar-refractivity contribution in [3.05, 3.63) is 58.8 Å². The molecule has 0 aliphatic carbocycles. The number of aliphatic carboxylic acids is 1. The lowest BCUT2D eigenvalue weighted by atomic mass is 10.1. The second kappa shape index (κ2) is 9.77. The maximum Gasteiger partial charge on any atom is 0.337 e. The lowest BCUT2D eigenvalue weighted by Crippen LogP contribution is -2.11. The van der Waals surface area contributed by atoms with Gasteiger partial charge >= 0.3 is 5.97 Å². The van der Waals surface area contributed by atoms with E-state index in [1.165, 1.54) is 7.11 Å². The number of aryl methyl sites for hydroxylation is 1. The minimum atomic E-state index is -0.833. The predicted octanol–water partition coefficient (Wildman–Crippen LogP) is 2.65. The monoisotopic (exact) mass is 476 g/mol. The van der Waals surface area contributed by atoms with Crippen LogP contribution in [-0.2, 0) is 16.1 Å². The molecule has 2 aromatic carbocycles. The van der Waals surface area contributed by atoms with Crippen molar-refractivity contribution in [1.29, 1.82) is 0 Å². The molecule has 5 N–H and O–H groups in total. The van der Waals surface area contributed by atoms with E-state index in [1.807, 2.05) is 22.9 Å². The van der Waals surface area contributed by atoms with Crippen molar-refractivity contribution in [2.24, 2.45) is 5.73 Å². The van der Waals surface area contributed by atoms with E-state index in [2.05, 4.69) is 19.9 Å². The number of hydrogen-bond acceptors (Lipinski definition) is 7. The zero-order valence-electron chi connectivity index (χ0n) is 19.2. The Balaban J connectivity index is 0.000000672. The van der Waals surface area contributed by atoms with Crippen molar-refractivity contribution in [3.8, 4) is 11.3 Å². The second-order valence-electron chi connectivity index (χ2n) is 7.82. The van der Waals surface area contributed by atoms with Gasteiger partial charge in [0.05, 0.1) is 41.1 Å². The number of carboxylic acids is 1. The molecule has 0 saturated carbocycles. The lowest BCUT2D eigenvalue weighted by Gasteiger charge is -2.05. The number of methoxy groups -OCH3 is 1. The average molecular weight is 476 g/mol. The van der Waals surface area contributed by atoms with E-state index in [1.54, 1.807) is 24.5 Å². The Morgan fingerprint density at radius 3 is 2.63 bits per heavy atom. The molecule has 0 unspecified atom stereocenters. The largest absolute Gasteiger partial charge is 0.481 e. The van der Waals surface area contributed by atoms with E-state index in [-0.39, 0.29) is 11.3 Å². The van der Waals surface area contributed by atoms with E-state index >= 15 is 0 Å². The van der Waals surface area contributed by atoms with Gasteiger partial charge in [0.1, 0.15) is 5.69 Å². The number of H-pyrrole nitrogens is 2. The highest BCUT2D eigenvalue weighted by Crippen LogP contribution is 2.30. The van der Waals surface area contributed by atoms with Gasteiger partial charge in [-0.05, 0) is 43.3 Å². The molecule has 0 fully saturated rings. The Kier molecular flexibility index (Phi) is 6.60. The van der Waals surface area contributed by atoms with Gasteiger partial charge in [-0.2, -0.15) is 0 Å². The first kappa shape index (κ1) is 23.6. The zero-order valence-corrected chi connectivity index (χ0v) is 19.2. The van der Waals surface area contributed by atoms with Gasteiger partial charge in [0, 0.05) is 36.1 Å². The minimum Gasteiger partial charge on any atom is -0.481 e. The molecule has 5 aromatic rings. The molecule has 35 heavy (non-hydrogen) atoms. The zero-order chi connectivity index (χ0) is 25.1. The minimum absolute atomic E-state index is 0.282. The van der Waals surface area contributed by atoms with E-state index < -0.39 is 11.9 Å². The summed E-state index contributed by atoms with van der Waals surface area (Å²) in [5, 5.41) is 8.17. The van der Waals surface area contributed by atoms with Crippen molar-refractivity contribution < 1.29 is 19.4 Å². The molecule has 0 amide bonds. The van der Waals surface area contributed by atoms with Crippen LogP contribution in [0.3, 0.4) is 0 Å². The number of imidazole rings is 1. The number of hydrogen-bond donors (Lipinski definition) is 4. The van der Waals surface area contributed by atoms with E-state index in [4.69, 9.17) is 20.4 Å². The quantitative estimate of drug-likeness (QED) is 0.281. The third-order valence-corrected chi connectivity index (χ3v) is 5.39. The number of carbonyl (C=O) groups is 2. The number of ether oxygens (including phenoxy) is 1. The highest BCUT2D eigenvalue weighted by atomic mass is 16.5. The fraction of sp³-hybridized carbons (Fsp3) is 0.208. The highest BCUT2D eigenvalue weighted by molar-refractivity contribution is 6.01. The van der Waals surface area contributed by atoms with Crippen LogP contribution in [0.2, 0.25) is 0 Å². The molecule has 0 saturated heterocycles. The first-order chi connectivity index (χ1) is 16.8. The van der Waals surface area contributed by atoms with Crippen molar-refractivity contribution in [3.63, 3.8) is 0 Å². The molecule has 0 aliphatic heterocycles. The number of nitrogens with one attached hydrogen (secondary N) is 2. The number of rotatable bonds is 5. The summed E-state index contributed by atoms with van der Waals surface area (Å²) in [5.41, 5.74) is 10.4. The van der Waals surface area contributed by atoms with Crippen molar-refractivity contribution in [2.75, 3.05) is 13.7 Å². The van der Waals surface area contributed by atoms with Crippen LogP contribution in [0.25, 0.3) is 44.2 Å². The summed E-state index contributed by atoms with van der Waals surface area (Å²) in [6, 6.07) is 8.94. The van der Waals surface area contributed by atoms with E-state index in [0.29, 0.717) is 35.2 Å². The maximum atomic E-state index is 13.0. The molecular weight excluding hydrogens is 452 g/mol. The van der Waals surface area contributed by atoms with Crippen molar-refractivity contribution >= 4 is 44.9 Å². The van der Waals surface area contributed by atoms with Crippen LogP contribution in [0, 0.1) is 0 Å². The number of nitrogens with two attached hydrogens (primary N) is 1. The second-order valence-corrected chi connectivity index (χ2v) is 7.82. The molecule has 11 heteroatoms. The fourth-order valence-electron chi connectivity index (χ4n) is 3.88. The SMILES string of the molecule is CC(=O)O.COC(=O)c1ccc2c(c1)c(-c1nc3cc4[nH]cnc4cc3[nH]c1=O)cn2CCCN. The maximum absolute atomic E-state index is 13.0. The number of carbonyl (C=O) groups excluding carboxylic acids is 1. The number of aromatic amines is 2. The van der Waals surface area contributed by atoms with Gasteiger partial charge < -0.3 is 30.1 Å². The molecular formula is C24H24N6O5. The summed E-state index contributed by atoms with van der Waals surface area (Å²) in [7, 11) is 1.34. The van der Waals surface area contributed by atoms with E-state index in [9.17, 15) is 9.59 Å². The van der Waals surface area contributed by atoms with Crippen LogP contribution >= 0.6 is 0 Å². The number of nitrogens with zero attached hydrogens (tertiary/aromatic N) is 3. The Labute approximate surface area is 198 Å². The Hall–Kier alpha value is -4.51. The van der Waals surface area contributed by atoms with Gasteiger partial charge in [0.15, 0.2) is 0 Å². The van der Waals surface area contributed by atoms with Crippen LogP contribution < -0.4 is 11.3 Å². The molecule has 3 aromatic heterocycles. The highest BCUT2D eigenvalue weighted by Gasteiger charge is 2.18. The third kappa shape index (κ3) is 4.75. The van der Waals surface area contributed by atoms with Gasteiger partial charge in [0.25, 0.3) is 11.5 Å². The topological polar surface area (TPSA) is 169 Å². The summed E-state index contributed by atoms with van der Waals surface area (Å²) in [4.78, 5) is 48.9. The standard InChI is InChI=1S/C22H20N6O3.C2H4O2/c1-31-22(30)12-3-4-19-13(7-12)14(10-28(19)6-2-5-23)20-21(29)27-18-9-16-15(24-11-25-16)8-17(18)26-20;1-2(3)4/h3-4,7-11H,2,5-6,23H2,1H3,(H,24,25)(H,27,29);1H3,(H,3,4). The summed E-state index contributed by atoms with van der Waals surface area (Å²) < 4.78 is 6.89. The van der Waals surface area contributed by atoms with Gasteiger partial charge in [-0.25, -0.2) is 14.8 Å². The number of carboxylic acid groups (broad SMARTS) is 1. The lowest BCUT2D eigenvalue weighted by molar-refractivity contribution is -0.134. The van der Waals surface area contributed by atoms with Gasteiger partial charge in [-0.15, -0.1) is 0 Å². The van der Waals surface area contributed by atoms with Crippen molar-refractivity contribution in [2.45, 2.75) is 19.9 Å². The smallest absolute Gasteiger partial charge is 0.337 e. The molecule has 0 bridgehead atoms. The Morgan fingerprint density at radius 2 is 1.91 bits per heavy atom. The van der Waals surface area contributed by atoms with Crippen molar-refractivity contribution in [1.82, 2.24) is 24.5 Å². The molecule has 5 rings (SSSR count). The molecule has 0 atom stereocenters. The summed E-state index contributed by atoms with van der Waals surface area (Å²) in [6.07, 6.45) is 4.27. The first-order valence-electron chi connectivity index (χ1n) is 10.8. The van der Waals surface area contributed by atoms with Crippen LogP contribution in [0.4, 0.5) is 0 Å². The predicted molar refractivity (Wildman–Crippen MR) is 131 cm³/mol. The molecule has 0 aliphatic rings. The van der Waals surface area contributed by atoms with Crippen LogP contribution in [0.5, 0.6) is 0 Å². The van der Waals surface area contributed by atoms with E-state index in [0.717, 1.165) is 35.3 Å². The Morgan fingerprint density at radius 1 is 1.17 bits per heavy atom. The fourth-order valence-corrected chi connectivity index (χ4v) is 3.88. The summed E-state index contributed by atoms with van der Waals surface area (Å²) >= 11 is 0. The number of benzene rings is 2. The Bertz CT molecular complexity index is 1610. The molecule has 0 spiro atoms. The first-order valence-corrected chi connectivity index (χ1v) is 10.8. The van der Waals surface area contributed by atoms with Gasteiger partial charge in [-0.1, -0.05) is 0 Å². The average Bonchev–Trinajstić information content (AvgIpc) is 3.43. The van der Waals surface area contributed by atoms with Gasteiger partial charge in [0.2, 0.25) is 0 Å². The number of fused-ring (bicyclic) bond motifs is 3. The molecule has 11 nitrogen and oxygen atoms in total. The summed E-state index contributed by atoms with van der Waals surface area (Å²) in [6.45, 7) is 2.31. The normalized spacial score (nSPS) is 10.9. The number of aromatic nitrogens is 5.